The number of carbonyl (C=O) groups excluding carboxylic acids is 3. The average Bonchev–Trinajstić information content (AvgIpc) is 3.17. The highest BCUT2D eigenvalue weighted by molar-refractivity contribution is 5.96. The maximum atomic E-state index is 13.3. The van der Waals surface area contributed by atoms with Gasteiger partial charge in [0.05, 0.1) is 18.1 Å². The summed E-state index contributed by atoms with van der Waals surface area (Å²) in [5.74, 6) is -2.80. The fourth-order valence-electron chi connectivity index (χ4n) is 3.94. The maximum Gasteiger partial charge on any atom is 0.341 e. The molecule has 0 amide bonds. The molecule has 2 aliphatic heterocycles. The Labute approximate surface area is 165 Å². The van der Waals surface area contributed by atoms with Gasteiger partial charge in [0, 0.05) is 18.6 Å². The number of methoxy groups -OCH3 is 1. The summed E-state index contributed by atoms with van der Waals surface area (Å²) in [7, 11) is 1.56. The summed E-state index contributed by atoms with van der Waals surface area (Å²) in [6.45, 7) is 10.9. The average molecular weight is 392 g/mol. The lowest BCUT2D eigenvalue weighted by Gasteiger charge is -2.31. The first-order chi connectivity index (χ1) is 13.1. The quantitative estimate of drug-likeness (QED) is 0.314. The van der Waals surface area contributed by atoms with Crippen LogP contribution in [-0.2, 0) is 33.3 Å². The van der Waals surface area contributed by atoms with E-state index in [0.29, 0.717) is 12.8 Å². The zero-order chi connectivity index (χ0) is 20.8. The summed E-state index contributed by atoms with van der Waals surface area (Å²) in [4.78, 5) is 38.2. The van der Waals surface area contributed by atoms with E-state index < -0.39 is 41.6 Å². The molecule has 28 heavy (non-hydrogen) atoms. The van der Waals surface area contributed by atoms with E-state index >= 15 is 0 Å². The van der Waals surface area contributed by atoms with E-state index in [4.69, 9.17) is 18.9 Å². The van der Waals surface area contributed by atoms with Gasteiger partial charge in [0.1, 0.15) is 6.10 Å². The molecule has 1 aliphatic carbocycles. The summed E-state index contributed by atoms with van der Waals surface area (Å²) in [5.41, 5.74) is 0.0695. The van der Waals surface area contributed by atoms with Crippen molar-refractivity contribution in [2.75, 3.05) is 7.11 Å². The van der Waals surface area contributed by atoms with Crippen LogP contribution in [0, 0.1) is 11.8 Å². The van der Waals surface area contributed by atoms with E-state index in [-0.39, 0.29) is 23.6 Å². The molecule has 0 bridgehead atoms. The highest BCUT2D eigenvalue weighted by atomic mass is 16.7. The van der Waals surface area contributed by atoms with Crippen molar-refractivity contribution in [1.29, 1.82) is 0 Å². The number of epoxide rings is 1. The van der Waals surface area contributed by atoms with Crippen molar-refractivity contribution in [3.8, 4) is 0 Å². The molecule has 2 saturated heterocycles. The molecule has 0 saturated carbocycles. The van der Waals surface area contributed by atoms with Crippen molar-refractivity contribution >= 4 is 17.7 Å². The molecule has 3 aliphatic rings. The molecule has 7 unspecified atom stereocenters. The van der Waals surface area contributed by atoms with Crippen LogP contribution in [0.3, 0.4) is 0 Å². The molecular weight excluding hydrogens is 364 g/mol. The molecule has 2 fully saturated rings. The molecule has 7 nitrogen and oxygen atoms in total. The second kappa shape index (κ2) is 7.44. The third kappa shape index (κ3) is 3.53. The fourth-order valence-corrected chi connectivity index (χ4v) is 3.94. The first-order valence-electron chi connectivity index (χ1n) is 9.62. The lowest BCUT2D eigenvalue weighted by Crippen LogP contribution is -2.46. The Morgan fingerprint density at radius 1 is 1.32 bits per heavy atom. The summed E-state index contributed by atoms with van der Waals surface area (Å²) in [6, 6.07) is 0. The van der Waals surface area contributed by atoms with Crippen molar-refractivity contribution in [2.24, 2.45) is 11.8 Å². The number of fused-ring (bicyclic) bond motifs is 1. The van der Waals surface area contributed by atoms with Crippen LogP contribution in [0.5, 0.6) is 0 Å². The van der Waals surface area contributed by atoms with Gasteiger partial charge in [-0.3, -0.25) is 4.79 Å². The Bertz CT molecular complexity index is 739. The summed E-state index contributed by atoms with van der Waals surface area (Å²) < 4.78 is 22.0. The number of allylic oxidation sites excluding steroid dienone is 1. The molecular formula is C21H28O7. The third-order valence-corrected chi connectivity index (χ3v) is 6.23. The second-order valence-corrected chi connectivity index (χ2v) is 8.13. The summed E-state index contributed by atoms with van der Waals surface area (Å²) in [6.07, 6.45) is 0.648. The molecule has 154 valence electrons. The number of carbonyl (C=O) groups is 3. The minimum atomic E-state index is -1.19. The first kappa shape index (κ1) is 20.7. The number of ether oxygens (including phenoxy) is 4. The Kier molecular flexibility index (Phi) is 5.51. The van der Waals surface area contributed by atoms with Crippen molar-refractivity contribution < 1.29 is 33.3 Å². The molecule has 3 rings (SSSR count). The van der Waals surface area contributed by atoms with Gasteiger partial charge in [-0.25, -0.2) is 9.59 Å². The molecule has 0 N–H and O–H groups in total. The predicted molar refractivity (Wildman–Crippen MR) is 99.3 cm³/mol. The maximum absolute atomic E-state index is 13.3. The Morgan fingerprint density at radius 3 is 2.54 bits per heavy atom. The summed E-state index contributed by atoms with van der Waals surface area (Å²) >= 11 is 0. The zero-order valence-corrected chi connectivity index (χ0v) is 17.0. The van der Waals surface area contributed by atoms with E-state index in [2.05, 4.69) is 6.58 Å². The van der Waals surface area contributed by atoms with E-state index in [1.54, 1.807) is 27.9 Å². The van der Waals surface area contributed by atoms with Gasteiger partial charge < -0.3 is 18.9 Å². The van der Waals surface area contributed by atoms with Crippen molar-refractivity contribution in [1.82, 2.24) is 0 Å². The molecule has 0 aromatic carbocycles. The van der Waals surface area contributed by atoms with Gasteiger partial charge in [0.2, 0.25) is 0 Å². The Hall–Kier alpha value is -1.99. The highest BCUT2D eigenvalue weighted by Crippen LogP contribution is 2.40. The van der Waals surface area contributed by atoms with Crippen LogP contribution < -0.4 is 0 Å². The van der Waals surface area contributed by atoms with Crippen LogP contribution >= 0.6 is 0 Å². The topological polar surface area (TPSA) is 91.4 Å². The van der Waals surface area contributed by atoms with Gasteiger partial charge in [-0.2, -0.15) is 0 Å². The second-order valence-electron chi connectivity index (χ2n) is 8.13. The Morgan fingerprint density at radius 2 is 1.96 bits per heavy atom. The largest absolute Gasteiger partial charge is 0.454 e. The molecule has 7 atom stereocenters. The SMILES string of the molecule is C=C1C(=O)OC2C=C(C)CCC(OC)C(C)C(=O)C(OC(=O)C3(C)OC3C)C12. The number of esters is 2. The lowest BCUT2D eigenvalue weighted by molar-refractivity contribution is -0.166. The van der Waals surface area contributed by atoms with Gasteiger partial charge >= 0.3 is 11.9 Å². The number of hydrogen-bond acceptors (Lipinski definition) is 7. The Balaban J connectivity index is 2.00. The molecule has 0 aromatic rings. The van der Waals surface area contributed by atoms with Gasteiger partial charge in [0.25, 0.3) is 0 Å². The van der Waals surface area contributed by atoms with Gasteiger partial charge in [-0.05, 0) is 39.7 Å². The normalized spacial score (nSPS) is 41.0. The smallest absolute Gasteiger partial charge is 0.341 e. The van der Waals surface area contributed by atoms with Crippen LogP contribution in [0.25, 0.3) is 0 Å². The molecule has 0 spiro atoms. The number of rotatable bonds is 3. The van der Waals surface area contributed by atoms with Gasteiger partial charge in [0.15, 0.2) is 17.5 Å². The van der Waals surface area contributed by atoms with Crippen molar-refractivity contribution in [3.05, 3.63) is 23.8 Å². The minimum absolute atomic E-state index is 0.136. The van der Waals surface area contributed by atoms with Crippen LogP contribution in [0.1, 0.15) is 40.5 Å². The third-order valence-electron chi connectivity index (χ3n) is 6.23. The molecule has 0 aromatic heterocycles. The highest BCUT2D eigenvalue weighted by Gasteiger charge is 2.59. The van der Waals surface area contributed by atoms with Crippen molar-refractivity contribution in [3.63, 3.8) is 0 Å². The first-order valence-corrected chi connectivity index (χ1v) is 9.62. The van der Waals surface area contributed by atoms with Crippen molar-refractivity contribution in [2.45, 2.75) is 70.6 Å². The van der Waals surface area contributed by atoms with Crippen LogP contribution in [0.15, 0.2) is 23.8 Å². The predicted octanol–water partition coefficient (Wildman–Crippen LogP) is 2.13. The monoisotopic (exact) mass is 392 g/mol. The number of Topliss-reactive ketones (excluding diaryl/α,β-unsaturated/α-hetero) is 1. The van der Waals surface area contributed by atoms with E-state index in [1.807, 2.05) is 13.0 Å². The molecule has 7 heteroatoms. The van der Waals surface area contributed by atoms with Crippen LogP contribution in [0.4, 0.5) is 0 Å². The molecule has 2 heterocycles. The van der Waals surface area contributed by atoms with E-state index in [1.165, 1.54) is 0 Å². The van der Waals surface area contributed by atoms with E-state index in [0.717, 1.165) is 5.57 Å². The number of ketones is 1. The lowest BCUT2D eigenvalue weighted by atomic mass is 9.80. The molecule has 0 radical (unpaired) electrons. The number of hydrogen-bond donors (Lipinski definition) is 0. The fraction of sp³-hybridized carbons (Fsp3) is 0.667. The standard InChI is InChI=1S/C21H28O7/c1-10-7-8-14(25-6)11(2)17(22)18(27-20(24)21(5)13(4)28-21)16-12(3)19(23)26-15(16)9-10/h9,11,13-16,18H,3,7-8H2,1-2,4-6H3. The van der Waals surface area contributed by atoms with Gasteiger partial charge in [-0.1, -0.05) is 19.1 Å². The van der Waals surface area contributed by atoms with Gasteiger partial charge in [-0.15, -0.1) is 0 Å². The minimum Gasteiger partial charge on any atom is -0.454 e. The van der Waals surface area contributed by atoms with Crippen LogP contribution in [0.2, 0.25) is 0 Å². The van der Waals surface area contributed by atoms with E-state index in [9.17, 15) is 14.4 Å². The summed E-state index contributed by atoms with van der Waals surface area (Å²) in [5, 5.41) is 0. The van der Waals surface area contributed by atoms with Crippen LogP contribution in [-0.4, -0.2) is 54.8 Å². The zero-order valence-electron chi connectivity index (χ0n) is 17.0.